The van der Waals surface area contributed by atoms with E-state index in [0.717, 1.165) is 31.5 Å². The van der Waals surface area contributed by atoms with Crippen molar-refractivity contribution < 1.29 is 13.2 Å². The average Bonchev–Trinajstić information content (AvgIpc) is 2.47. The van der Waals surface area contributed by atoms with Crippen molar-refractivity contribution in [2.24, 2.45) is 0 Å². The Labute approximate surface area is 132 Å². The Morgan fingerprint density at radius 2 is 2.09 bits per heavy atom. The van der Waals surface area contributed by atoms with Crippen molar-refractivity contribution in [3.05, 3.63) is 24.3 Å². The standard InChI is InChI=1S/C16H24N2O3S/c1-3-7-16(19)17-13-8-6-11-18(12-13)14-9-4-5-10-15(14)22(2,20)21/h4-5,9-10,13H,3,6-8,11-12H2,1-2H3,(H,17,19)/t13-/m1/s1. The normalized spacial score (nSPS) is 19.0. The minimum absolute atomic E-state index is 0.0748. The Kier molecular flexibility index (Phi) is 5.45. The lowest BCUT2D eigenvalue weighted by atomic mass is 10.0. The zero-order valence-electron chi connectivity index (χ0n) is 13.2. The van der Waals surface area contributed by atoms with E-state index in [1.165, 1.54) is 6.26 Å². The van der Waals surface area contributed by atoms with E-state index in [1.54, 1.807) is 12.1 Å². The lowest BCUT2D eigenvalue weighted by molar-refractivity contribution is -0.121. The Morgan fingerprint density at radius 1 is 1.36 bits per heavy atom. The highest BCUT2D eigenvalue weighted by Crippen LogP contribution is 2.27. The number of benzene rings is 1. The Hall–Kier alpha value is -1.56. The summed E-state index contributed by atoms with van der Waals surface area (Å²) in [6.45, 7) is 3.45. The SMILES string of the molecule is CCCC(=O)N[C@@H]1CCCN(c2ccccc2S(C)(=O)=O)C1. The van der Waals surface area contributed by atoms with Crippen LogP contribution in [-0.2, 0) is 14.6 Å². The van der Waals surface area contributed by atoms with Gasteiger partial charge in [-0.2, -0.15) is 0 Å². The van der Waals surface area contributed by atoms with Crippen molar-refractivity contribution in [3.8, 4) is 0 Å². The molecular formula is C16H24N2O3S. The van der Waals surface area contributed by atoms with Gasteiger partial charge in [0, 0.05) is 31.8 Å². The Bertz CT molecular complexity index is 628. The number of anilines is 1. The summed E-state index contributed by atoms with van der Waals surface area (Å²) in [6, 6.07) is 7.16. The van der Waals surface area contributed by atoms with Crippen LogP contribution in [0.3, 0.4) is 0 Å². The van der Waals surface area contributed by atoms with E-state index in [-0.39, 0.29) is 11.9 Å². The summed E-state index contributed by atoms with van der Waals surface area (Å²) in [5.41, 5.74) is 0.736. The van der Waals surface area contributed by atoms with Crippen molar-refractivity contribution >= 4 is 21.4 Å². The average molecular weight is 324 g/mol. The first-order chi connectivity index (χ1) is 10.4. The lowest BCUT2D eigenvalue weighted by Crippen LogP contribution is -2.48. The van der Waals surface area contributed by atoms with Crippen molar-refractivity contribution in [2.45, 2.75) is 43.5 Å². The van der Waals surface area contributed by atoms with Crippen molar-refractivity contribution in [3.63, 3.8) is 0 Å². The molecule has 22 heavy (non-hydrogen) atoms. The lowest BCUT2D eigenvalue weighted by Gasteiger charge is -2.35. The number of sulfone groups is 1. The molecule has 1 aromatic rings. The van der Waals surface area contributed by atoms with Gasteiger partial charge < -0.3 is 10.2 Å². The van der Waals surface area contributed by atoms with Crippen LogP contribution in [0.15, 0.2) is 29.2 Å². The fourth-order valence-corrected chi connectivity index (χ4v) is 3.78. The molecule has 1 fully saturated rings. The molecular weight excluding hydrogens is 300 g/mol. The van der Waals surface area contributed by atoms with Gasteiger partial charge in [-0.15, -0.1) is 0 Å². The maximum atomic E-state index is 11.9. The third-order valence-electron chi connectivity index (χ3n) is 3.87. The molecule has 1 aliphatic heterocycles. The van der Waals surface area contributed by atoms with Gasteiger partial charge in [0.25, 0.3) is 0 Å². The van der Waals surface area contributed by atoms with Gasteiger partial charge >= 0.3 is 0 Å². The minimum atomic E-state index is -3.26. The van der Waals surface area contributed by atoms with Crippen LogP contribution >= 0.6 is 0 Å². The van der Waals surface area contributed by atoms with Crippen LogP contribution < -0.4 is 10.2 Å². The fourth-order valence-electron chi connectivity index (χ4n) is 2.87. The number of nitrogens with one attached hydrogen (secondary N) is 1. The van der Waals surface area contributed by atoms with Crippen molar-refractivity contribution in [1.82, 2.24) is 5.32 Å². The van der Waals surface area contributed by atoms with Crippen molar-refractivity contribution in [2.75, 3.05) is 24.2 Å². The van der Waals surface area contributed by atoms with Gasteiger partial charge in [-0.05, 0) is 31.4 Å². The first-order valence-corrected chi connectivity index (χ1v) is 9.64. The van der Waals surface area contributed by atoms with Crippen LogP contribution in [0, 0.1) is 0 Å². The zero-order valence-corrected chi connectivity index (χ0v) is 14.0. The molecule has 1 atom stereocenters. The maximum absolute atomic E-state index is 11.9. The molecule has 1 aromatic carbocycles. The number of piperidine rings is 1. The molecule has 0 bridgehead atoms. The van der Waals surface area contributed by atoms with Crippen LogP contribution in [0.4, 0.5) is 5.69 Å². The molecule has 0 spiro atoms. The van der Waals surface area contributed by atoms with Crippen LogP contribution in [-0.4, -0.2) is 39.7 Å². The molecule has 1 heterocycles. The third kappa shape index (κ3) is 4.22. The second-order valence-electron chi connectivity index (χ2n) is 5.84. The molecule has 1 amide bonds. The van der Waals surface area contributed by atoms with E-state index in [2.05, 4.69) is 10.2 Å². The molecule has 2 rings (SSSR count). The smallest absolute Gasteiger partial charge is 0.220 e. The number of para-hydroxylation sites is 1. The van der Waals surface area contributed by atoms with Crippen LogP contribution in [0.1, 0.15) is 32.6 Å². The van der Waals surface area contributed by atoms with Gasteiger partial charge in [-0.25, -0.2) is 8.42 Å². The highest BCUT2D eigenvalue weighted by molar-refractivity contribution is 7.90. The van der Waals surface area contributed by atoms with E-state index in [4.69, 9.17) is 0 Å². The quantitative estimate of drug-likeness (QED) is 0.899. The van der Waals surface area contributed by atoms with E-state index in [1.807, 2.05) is 19.1 Å². The number of hydrogen-bond acceptors (Lipinski definition) is 4. The number of nitrogens with zero attached hydrogens (tertiary/aromatic N) is 1. The topological polar surface area (TPSA) is 66.5 Å². The fraction of sp³-hybridized carbons (Fsp3) is 0.562. The second-order valence-corrected chi connectivity index (χ2v) is 7.83. The van der Waals surface area contributed by atoms with E-state index < -0.39 is 9.84 Å². The summed E-state index contributed by atoms with van der Waals surface area (Å²) in [5, 5.41) is 3.05. The minimum Gasteiger partial charge on any atom is -0.368 e. The summed E-state index contributed by atoms with van der Waals surface area (Å²) < 4.78 is 23.9. The van der Waals surface area contributed by atoms with E-state index >= 15 is 0 Å². The molecule has 1 N–H and O–H groups in total. The summed E-state index contributed by atoms with van der Waals surface area (Å²) in [7, 11) is -3.26. The Morgan fingerprint density at radius 3 is 2.77 bits per heavy atom. The first-order valence-electron chi connectivity index (χ1n) is 7.75. The largest absolute Gasteiger partial charge is 0.368 e. The van der Waals surface area contributed by atoms with Crippen LogP contribution in [0.5, 0.6) is 0 Å². The molecule has 0 radical (unpaired) electrons. The molecule has 5 nitrogen and oxygen atoms in total. The molecule has 122 valence electrons. The summed E-state index contributed by atoms with van der Waals surface area (Å²) in [4.78, 5) is 14.2. The van der Waals surface area contributed by atoms with Gasteiger partial charge in [0.05, 0.1) is 10.6 Å². The summed E-state index contributed by atoms with van der Waals surface area (Å²) in [5.74, 6) is 0.0748. The van der Waals surface area contributed by atoms with Gasteiger partial charge in [-0.3, -0.25) is 4.79 Å². The molecule has 6 heteroatoms. The number of rotatable bonds is 5. The second kappa shape index (κ2) is 7.13. The van der Waals surface area contributed by atoms with E-state index in [0.29, 0.717) is 17.9 Å². The summed E-state index contributed by atoms with van der Waals surface area (Å²) >= 11 is 0. The number of carbonyl (C=O) groups excluding carboxylic acids is 1. The predicted octanol–water partition coefficient (Wildman–Crippen LogP) is 1.98. The Balaban J connectivity index is 2.15. The maximum Gasteiger partial charge on any atom is 0.220 e. The van der Waals surface area contributed by atoms with Crippen LogP contribution in [0.25, 0.3) is 0 Å². The molecule has 0 aliphatic carbocycles. The number of carbonyl (C=O) groups is 1. The summed E-state index contributed by atoms with van der Waals surface area (Å²) in [6.07, 6.45) is 4.48. The first kappa shape index (κ1) is 16.8. The van der Waals surface area contributed by atoms with Gasteiger partial charge in [0.15, 0.2) is 9.84 Å². The molecule has 0 saturated carbocycles. The highest BCUT2D eigenvalue weighted by Gasteiger charge is 2.24. The number of amides is 1. The highest BCUT2D eigenvalue weighted by atomic mass is 32.2. The monoisotopic (exact) mass is 324 g/mol. The molecule has 0 aromatic heterocycles. The third-order valence-corrected chi connectivity index (χ3v) is 5.01. The molecule has 0 unspecified atom stereocenters. The van der Waals surface area contributed by atoms with Gasteiger partial charge in [0.1, 0.15) is 0 Å². The molecule has 1 aliphatic rings. The van der Waals surface area contributed by atoms with Gasteiger partial charge in [0.2, 0.25) is 5.91 Å². The zero-order chi connectivity index (χ0) is 16.2. The van der Waals surface area contributed by atoms with Gasteiger partial charge in [-0.1, -0.05) is 19.1 Å². The predicted molar refractivity (Wildman–Crippen MR) is 87.8 cm³/mol. The van der Waals surface area contributed by atoms with Crippen molar-refractivity contribution in [1.29, 1.82) is 0 Å². The molecule has 1 saturated heterocycles. The van der Waals surface area contributed by atoms with Crippen LogP contribution in [0.2, 0.25) is 0 Å². The number of hydrogen-bond donors (Lipinski definition) is 1. The van der Waals surface area contributed by atoms with E-state index in [9.17, 15) is 13.2 Å².